The highest BCUT2D eigenvalue weighted by molar-refractivity contribution is 6.00. The zero-order chi connectivity index (χ0) is 22.6. The third kappa shape index (κ3) is 4.79. The number of aryl methyl sites for hydroxylation is 2. The van der Waals surface area contributed by atoms with Gasteiger partial charge in [0.05, 0.1) is 13.1 Å². The minimum absolute atomic E-state index is 0.00244. The minimum atomic E-state index is -0.317. The summed E-state index contributed by atoms with van der Waals surface area (Å²) in [6.45, 7) is 9.94. The van der Waals surface area contributed by atoms with Gasteiger partial charge in [0, 0.05) is 18.7 Å². The molecule has 166 valence electrons. The molecular formula is C25H32FN2O3+. The summed E-state index contributed by atoms with van der Waals surface area (Å²) in [7, 11) is 0. The van der Waals surface area contributed by atoms with Gasteiger partial charge in [0.25, 0.3) is 5.91 Å². The van der Waals surface area contributed by atoms with Crippen LogP contribution in [0.3, 0.4) is 0 Å². The van der Waals surface area contributed by atoms with Gasteiger partial charge in [-0.3, -0.25) is 4.79 Å². The first kappa shape index (κ1) is 22.9. The number of carbonyl (C=O) groups is 2. The lowest BCUT2D eigenvalue weighted by atomic mass is 10.1. The number of carbonyl (C=O) groups excluding carboxylic acids is 2. The average Bonchev–Trinajstić information content (AvgIpc) is 3.12. The number of hydrogen-bond donors (Lipinski definition) is 0. The zero-order valence-corrected chi connectivity index (χ0v) is 18.9. The van der Waals surface area contributed by atoms with Crippen molar-refractivity contribution in [3.8, 4) is 0 Å². The van der Waals surface area contributed by atoms with Gasteiger partial charge < -0.3 is 14.1 Å². The molecule has 1 amide bonds. The van der Waals surface area contributed by atoms with Crippen LogP contribution in [0.1, 0.15) is 37.0 Å². The van der Waals surface area contributed by atoms with E-state index >= 15 is 0 Å². The van der Waals surface area contributed by atoms with Gasteiger partial charge in [0.15, 0.2) is 12.6 Å². The van der Waals surface area contributed by atoms with Crippen molar-refractivity contribution in [1.82, 2.24) is 0 Å². The lowest BCUT2D eigenvalue weighted by Crippen LogP contribution is -2.60. The van der Waals surface area contributed by atoms with Gasteiger partial charge in [-0.2, -0.15) is 0 Å². The van der Waals surface area contributed by atoms with Crippen molar-refractivity contribution < 1.29 is 23.2 Å². The van der Waals surface area contributed by atoms with Crippen LogP contribution in [-0.4, -0.2) is 48.6 Å². The Morgan fingerprint density at radius 3 is 2.32 bits per heavy atom. The van der Waals surface area contributed by atoms with Crippen molar-refractivity contribution in [2.45, 2.75) is 46.8 Å². The molecule has 31 heavy (non-hydrogen) atoms. The Hall–Kier alpha value is -2.73. The molecule has 1 saturated heterocycles. The molecule has 2 aromatic carbocycles. The molecule has 1 fully saturated rings. The number of rotatable bonds is 8. The molecule has 0 aliphatic carbocycles. The van der Waals surface area contributed by atoms with Gasteiger partial charge >= 0.3 is 5.97 Å². The highest BCUT2D eigenvalue weighted by atomic mass is 19.1. The van der Waals surface area contributed by atoms with E-state index in [1.165, 1.54) is 12.1 Å². The minimum Gasteiger partial charge on any atom is -0.457 e. The molecule has 1 atom stereocenters. The number of hydrogen-bond acceptors (Lipinski definition) is 3. The van der Waals surface area contributed by atoms with Crippen LogP contribution in [0.5, 0.6) is 0 Å². The first-order valence-corrected chi connectivity index (χ1v) is 10.9. The van der Waals surface area contributed by atoms with E-state index in [-0.39, 0.29) is 36.9 Å². The van der Waals surface area contributed by atoms with E-state index in [2.05, 4.69) is 0 Å². The largest absolute Gasteiger partial charge is 0.457 e. The SMILES string of the molecule is CC[N+](CC)(CC(=O)OCc1ccccc1)C1CCN(c2c(C)cc(F)cc2C)C1=O. The van der Waals surface area contributed by atoms with Crippen molar-refractivity contribution in [1.29, 1.82) is 0 Å². The number of amides is 1. The van der Waals surface area contributed by atoms with Crippen LogP contribution in [-0.2, 0) is 20.9 Å². The van der Waals surface area contributed by atoms with Crippen molar-refractivity contribution in [2.24, 2.45) is 0 Å². The smallest absolute Gasteiger partial charge is 0.362 e. The normalized spacial score (nSPS) is 16.6. The standard InChI is InChI=1S/C25H32FN2O3/c1-5-28(6-2,16-23(29)31-17-20-10-8-7-9-11-20)22-12-13-27(25(22)30)24-18(3)14-21(26)15-19(24)4/h7-11,14-15,22H,5-6,12-13,16-17H2,1-4H3/q+1. The lowest BCUT2D eigenvalue weighted by Gasteiger charge is -2.40. The van der Waals surface area contributed by atoms with E-state index in [9.17, 15) is 14.0 Å². The van der Waals surface area contributed by atoms with Crippen LogP contribution < -0.4 is 4.90 Å². The average molecular weight is 428 g/mol. The number of quaternary nitrogens is 1. The van der Waals surface area contributed by atoms with Crippen LogP contribution >= 0.6 is 0 Å². The highest BCUT2D eigenvalue weighted by Gasteiger charge is 2.48. The predicted molar refractivity (Wildman–Crippen MR) is 119 cm³/mol. The summed E-state index contributed by atoms with van der Waals surface area (Å²) >= 11 is 0. The number of nitrogens with zero attached hydrogens (tertiary/aromatic N) is 2. The molecule has 0 saturated carbocycles. The Morgan fingerprint density at radius 1 is 1.13 bits per heavy atom. The van der Waals surface area contributed by atoms with Crippen LogP contribution in [0.25, 0.3) is 0 Å². The highest BCUT2D eigenvalue weighted by Crippen LogP contribution is 2.33. The van der Waals surface area contributed by atoms with Crippen molar-refractivity contribution in [2.75, 3.05) is 31.1 Å². The Kier molecular flexibility index (Phi) is 7.11. The van der Waals surface area contributed by atoms with E-state index < -0.39 is 0 Å². The van der Waals surface area contributed by atoms with Gasteiger partial charge in [-0.05, 0) is 56.5 Å². The van der Waals surface area contributed by atoms with Gasteiger partial charge in [-0.25, -0.2) is 9.18 Å². The van der Waals surface area contributed by atoms with E-state index in [1.54, 1.807) is 4.90 Å². The third-order valence-corrected chi connectivity index (χ3v) is 6.51. The fourth-order valence-corrected chi connectivity index (χ4v) is 4.76. The lowest BCUT2D eigenvalue weighted by molar-refractivity contribution is -0.932. The molecule has 1 aliphatic rings. The Balaban J connectivity index is 1.76. The predicted octanol–water partition coefficient (Wildman–Crippen LogP) is 4.15. The zero-order valence-electron chi connectivity index (χ0n) is 18.9. The summed E-state index contributed by atoms with van der Waals surface area (Å²) in [6, 6.07) is 12.2. The van der Waals surface area contributed by atoms with Gasteiger partial charge in [0.2, 0.25) is 0 Å². The third-order valence-electron chi connectivity index (χ3n) is 6.51. The van der Waals surface area contributed by atoms with Gasteiger partial charge in [-0.1, -0.05) is 30.3 Å². The fraction of sp³-hybridized carbons (Fsp3) is 0.440. The van der Waals surface area contributed by atoms with Crippen LogP contribution in [0, 0.1) is 19.7 Å². The molecule has 0 aromatic heterocycles. The first-order chi connectivity index (χ1) is 14.8. The topological polar surface area (TPSA) is 46.6 Å². The fourth-order valence-electron chi connectivity index (χ4n) is 4.76. The second-order valence-corrected chi connectivity index (χ2v) is 8.34. The molecular weight excluding hydrogens is 395 g/mol. The molecule has 1 heterocycles. The summed E-state index contributed by atoms with van der Waals surface area (Å²) in [6.07, 6.45) is 0.655. The molecule has 0 spiro atoms. The maximum absolute atomic E-state index is 13.7. The van der Waals surface area contributed by atoms with Gasteiger partial charge in [0.1, 0.15) is 12.4 Å². The number of halogens is 1. The summed E-state index contributed by atoms with van der Waals surface area (Å²) in [5.74, 6) is -0.597. The van der Waals surface area contributed by atoms with Crippen LogP contribution in [0.4, 0.5) is 10.1 Å². The Morgan fingerprint density at radius 2 is 1.74 bits per heavy atom. The summed E-state index contributed by atoms with van der Waals surface area (Å²) in [5, 5.41) is 0. The second-order valence-electron chi connectivity index (χ2n) is 8.34. The summed E-state index contributed by atoms with van der Waals surface area (Å²) < 4.78 is 19.6. The molecule has 0 N–H and O–H groups in total. The van der Waals surface area contributed by atoms with Crippen molar-refractivity contribution in [3.63, 3.8) is 0 Å². The van der Waals surface area contributed by atoms with Crippen molar-refractivity contribution in [3.05, 3.63) is 65.0 Å². The molecule has 3 rings (SSSR count). The monoisotopic (exact) mass is 427 g/mol. The molecule has 1 unspecified atom stereocenters. The number of esters is 1. The van der Waals surface area contributed by atoms with E-state index in [1.807, 2.05) is 58.0 Å². The Bertz CT molecular complexity index is 918. The second kappa shape index (κ2) is 9.60. The number of ether oxygens (including phenoxy) is 1. The summed E-state index contributed by atoms with van der Waals surface area (Å²) in [5.41, 5.74) is 3.22. The number of anilines is 1. The molecule has 2 aromatic rings. The maximum Gasteiger partial charge on any atom is 0.362 e. The molecule has 0 radical (unpaired) electrons. The van der Waals surface area contributed by atoms with Crippen LogP contribution in [0.15, 0.2) is 42.5 Å². The van der Waals surface area contributed by atoms with E-state index in [4.69, 9.17) is 4.74 Å². The molecule has 1 aliphatic heterocycles. The molecule has 5 nitrogen and oxygen atoms in total. The summed E-state index contributed by atoms with van der Waals surface area (Å²) in [4.78, 5) is 28.0. The van der Waals surface area contributed by atoms with Crippen molar-refractivity contribution >= 4 is 17.6 Å². The quantitative estimate of drug-likeness (QED) is 0.470. The number of benzene rings is 2. The molecule has 0 bridgehead atoms. The number of likely N-dealkylation sites (N-methyl/N-ethyl adjacent to an activating group) is 1. The molecule has 6 heteroatoms. The van der Waals surface area contributed by atoms with Crippen LogP contribution in [0.2, 0.25) is 0 Å². The van der Waals surface area contributed by atoms with E-state index in [0.29, 0.717) is 30.5 Å². The van der Waals surface area contributed by atoms with Gasteiger partial charge in [-0.15, -0.1) is 0 Å². The first-order valence-electron chi connectivity index (χ1n) is 10.9. The Labute approximate surface area is 184 Å². The van der Waals surface area contributed by atoms with E-state index in [0.717, 1.165) is 22.4 Å². The maximum atomic E-state index is 13.7.